The van der Waals surface area contributed by atoms with E-state index in [4.69, 9.17) is 9.47 Å². The molecule has 3 N–H and O–H groups in total. The van der Waals surface area contributed by atoms with Crippen molar-refractivity contribution in [1.29, 1.82) is 0 Å². The number of nitrogens with one attached hydrogen (secondary N) is 2. The van der Waals surface area contributed by atoms with E-state index in [1.807, 2.05) is 0 Å². The summed E-state index contributed by atoms with van der Waals surface area (Å²) in [6, 6.07) is 8.78. The minimum absolute atomic E-state index is 0.0511. The van der Waals surface area contributed by atoms with Crippen molar-refractivity contribution in [3.05, 3.63) is 35.4 Å². The molecule has 2 aliphatic heterocycles. The fourth-order valence-electron chi connectivity index (χ4n) is 4.32. The molecule has 0 spiro atoms. The standard InChI is InChI=1S/C20H28N2O4/c23-16-10-21-18-6-5-17(26-19(18)12-25-11-16)9-20(24)22-15-7-13-3-1-2-4-14(13)8-15/h1-4,15-19,21,23H,5-12H2,(H,22,24)/t16-,17+,18-,19+/m0/s1. The van der Waals surface area contributed by atoms with Crippen LogP contribution in [0, 0.1) is 0 Å². The first-order valence-corrected chi connectivity index (χ1v) is 9.68. The number of carbonyl (C=O) groups is 1. The van der Waals surface area contributed by atoms with Gasteiger partial charge in [0.15, 0.2) is 0 Å². The van der Waals surface area contributed by atoms with Crippen molar-refractivity contribution in [1.82, 2.24) is 10.6 Å². The monoisotopic (exact) mass is 360 g/mol. The molecule has 0 saturated carbocycles. The summed E-state index contributed by atoms with van der Waals surface area (Å²) in [4.78, 5) is 12.5. The minimum atomic E-state index is -0.463. The molecule has 4 rings (SSSR count). The Morgan fingerprint density at radius 1 is 1.19 bits per heavy atom. The van der Waals surface area contributed by atoms with Crippen LogP contribution >= 0.6 is 0 Å². The van der Waals surface area contributed by atoms with Gasteiger partial charge in [-0.05, 0) is 36.8 Å². The molecule has 142 valence electrons. The lowest BCUT2D eigenvalue weighted by atomic mass is 9.96. The van der Waals surface area contributed by atoms with Crippen LogP contribution in [-0.2, 0) is 27.1 Å². The predicted octanol–water partition coefficient (Wildman–Crippen LogP) is 0.557. The molecule has 2 heterocycles. The largest absolute Gasteiger partial charge is 0.389 e. The Morgan fingerprint density at radius 2 is 1.96 bits per heavy atom. The quantitative estimate of drug-likeness (QED) is 0.734. The molecule has 0 aromatic heterocycles. The second-order valence-electron chi connectivity index (χ2n) is 7.73. The summed E-state index contributed by atoms with van der Waals surface area (Å²) in [5.74, 6) is 0.0707. The van der Waals surface area contributed by atoms with Crippen LogP contribution in [0.3, 0.4) is 0 Å². The van der Waals surface area contributed by atoms with Crippen LogP contribution in [0.25, 0.3) is 0 Å². The van der Waals surface area contributed by atoms with Gasteiger partial charge in [-0.25, -0.2) is 0 Å². The zero-order valence-electron chi connectivity index (χ0n) is 15.0. The van der Waals surface area contributed by atoms with Crippen molar-refractivity contribution >= 4 is 5.91 Å². The molecule has 26 heavy (non-hydrogen) atoms. The maximum Gasteiger partial charge on any atom is 0.222 e. The maximum atomic E-state index is 12.5. The normalized spacial score (nSPS) is 32.2. The summed E-state index contributed by atoms with van der Waals surface area (Å²) in [5, 5.41) is 16.2. The summed E-state index contributed by atoms with van der Waals surface area (Å²) in [7, 11) is 0. The molecule has 1 aromatic carbocycles. The Hall–Kier alpha value is -1.47. The number of fused-ring (bicyclic) bond motifs is 2. The maximum absolute atomic E-state index is 12.5. The first-order valence-electron chi connectivity index (χ1n) is 9.68. The fourth-order valence-corrected chi connectivity index (χ4v) is 4.32. The zero-order chi connectivity index (χ0) is 17.9. The van der Waals surface area contributed by atoms with Crippen LogP contribution < -0.4 is 10.6 Å². The molecule has 0 radical (unpaired) electrons. The van der Waals surface area contributed by atoms with Gasteiger partial charge in [0.1, 0.15) is 0 Å². The van der Waals surface area contributed by atoms with Gasteiger partial charge in [-0.1, -0.05) is 24.3 Å². The number of ether oxygens (including phenoxy) is 2. The van der Waals surface area contributed by atoms with Gasteiger partial charge < -0.3 is 25.2 Å². The van der Waals surface area contributed by atoms with E-state index in [2.05, 4.69) is 34.9 Å². The Labute approximate surface area is 154 Å². The van der Waals surface area contributed by atoms with Gasteiger partial charge in [-0.2, -0.15) is 0 Å². The van der Waals surface area contributed by atoms with E-state index in [0.717, 1.165) is 25.7 Å². The predicted molar refractivity (Wildman–Crippen MR) is 96.9 cm³/mol. The molecule has 0 bridgehead atoms. The van der Waals surface area contributed by atoms with Gasteiger partial charge in [0.25, 0.3) is 0 Å². The van der Waals surface area contributed by atoms with Gasteiger partial charge in [-0.3, -0.25) is 4.79 Å². The van der Waals surface area contributed by atoms with Gasteiger partial charge in [-0.15, -0.1) is 0 Å². The number of rotatable bonds is 3. The van der Waals surface area contributed by atoms with E-state index < -0.39 is 6.10 Å². The van der Waals surface area contributed by atoms with Crippen LogP contribution in [-0.4, -0.2) is 61.2 Å². The number of aliphatic hydroxyl groups excluding tert-OH is 1. The third-order valence-corrected chi connectivity index (χ3v) is 5.65. The molecule has 1 amide bonds. The van der Waals surface area contributed by atoms with Crippen molar-refractivity contribution in [3.8, 4) is 0 Å². The highest BCUT2D eigenvalue weighted by Gasteiger charge is 2.34. The smallest absolute Gasteiger partial charge is 0.222 e. The Balaban J connectivity index is 1.25. The van der Waals surface area contributed by atoms with E-state index >= 15 is 0 Å². The number of β-amino-alcohol motifs (C(OH)–C–C–N with tert-alkyl or cyclic N) is 1. The highest BCUT2D eigenvalue weighted by Crippen LogP contribution is 2.25. The van der Waals surface area contributed by atoms with Gasteiger partial charge in [0.2, 0.25) is 5.91 Å². The number of hydrogen-bond donors (Lipinski definition) is 3. The Morgan fingerprint density at radius 3 is 2.73 bits per heavy atom. The van der Waals surface area contributed by atoms with Crippen LogP contribution in [0.4, 0.5) is 0 Å². The third kappa shape index (κ3) is 4.26. The van der Waals surface area contributed by atoms with Crippen molar-refractivity contribution in [2.24, 2.45) is 0 Å². The van der Waals surface area contributed by atoms with Gasteiger partial charge in [0, 0.05) is 18.6 Å². The topological polar surface area (TPSA) is 79.8 Å². The first-order chi connectivity index (χ1) is 12.7. The summed E-state index contributed by atoms with van der Waals surface area (Å²) in [5.41, 5.74) is 2.68. The lowest BCUT2D eigenvalue weighted by molar-refractivity contribution is -0.138. The third-order valence-electron chi connectivity index (χ3n) is 5.65. The SMILES string of the molecule is O=C(C[C@H]1CC[C@@H]2NC[C@H](O)COC[C@H]2O1)NC1Cc2ccccc2C1. The lowest BCUT2D eigenvalue weighted by Gasteiger charge is -2.38. The highest BCUT2D eigenvalue weighted by molar-refractivity contribution is 5.77. The summed E-state index contributed by atoms with van der Waals surface area (Å²) < 4.78 is 11.7. The molecule has 0 unspecified atom stereocenters. The van der Waals surface area contributed by atoms with Crippen LogP contribution in [0.5, 0.6) is 0 Å². The van der Waals surface area contributed by atoms with E-state index in [0.29, 0.717) is 26.2 Å². The van der Waals surface area contributed by atoms with Gasteiger partial charge in [0.05, 0.1) is 37.9 Å². The molecular formula is C20H28N2O4. The van der Waals surface area contributed by atoms with E-state index in [9.17, 15) is 9.90 Å². The van der Waals surface area contributed by atoms with Crippen molar-refractivity contribution in [2.75, 3.05) is 19.8 Å². The zero-order valence-corrected chi connectivity index (χ0v) is 15.0. The molecule has 3 aliphatic rings. The number of carbonyl (C=O) groups excluding carboxylic acids is 1. The van der Waals surface area contributed by atoms with Crippen LogP contribution in [0.2, 0.25) is 0 Å². The summed E-state index contributed by atoms with van der Waals surface area (Å²) in [6.45, 7) is 1.32. The first kappa shape index (κ1) is 17.9. The van der Waals surface area contributed by atoms with Crippen LogP contribution in [0.1, 0.15) is 30.4 Å². The Kier molecular flexibility index (Phi) is 5.55. The molecule has 6 heteroatoms. The second-order valence-corrected chi connectivity index (χ2v) is 7.73. The molecule has 1 aliphatic carbocycles. The molecule has 1 aromatic rings. The number of amides is 1. The van der Waals surface area contributed by atoms with Crippen molar-refractivity contribution < 1.29 is 19.4 Å². The van der Waals surface area contributed by atoms with Crippen molar-refractivity contribution in [2.45, 2.75) is 62.5 Å². The average Bonchev–Trinajstić information content (AvgIpc) is 3.01. The minimum Gasteiger partial charge on any atom is -0.389 e. The molecule has 2 fully saturated rings. The molecule has 6 nitrogen and oxygen atoms in total. The van der Waals surface area contributed by atoms with E-state index in [1.54, 1.807) is 0 Å². The summed E-state index contributed by atoms with van der Waals surface area (Å²) in [6.07, 6.45) is 3.44. The van der Waals surface area contributed by atoms with Crippen LogP contribution in [0.15, 0.2) is 24.3 Å². The highest BCUT2D eigenvalue weighted by atomic mass is 16.5. The van der Waals surface area contributed by atoms with E-state index in [1.165, 1.54) is 11.1 Å². The molecular weight excluding hydrogens is 332 g/mol. The Bertz CT molecular complexity index is 613. The second kappa shape index (κ2) is 8.05. The summed E-state index contributed by atoms with van der Waals surface area (Å²) >= 11 is 0. The number of aliphatic hydroxyl groups is 1. The molecule has 4 atom stereocenters. The fraction of sp³-hybridized carbons (Fsp3) is 0.650. The van der Waals surface area contributed by atoms with E-state index in [-0.39, 0.29) is 30.2 Å². The average molecular weight is 360 g/mol. The lowest BCUT2D eigenvalue weighted by Crippen LogP contribution is -2.54. The molecule has 2 saturated heterocycles. The number of benzene rings is 1. The number of hydrogen-bond acceptors (Lipinski definition) is 5. The van der Waals surface area contributed by atoms with Gasteiger partial charge >= 0.3 is 0 Å². The van der Waals surface area contributed by atoms with Crippen molar-refractivity contribution in [3.63, 3.8) is 0 Å².